The Morgan fingerprint density at radius 3 is 2.80 bits per heavy atom. The number of rotatable bonds is 5. The van der Waals surface area contributed by atoms with E-state index in [9.17, 15) is 4.79 Å². The molecule has 0 aromatic carbocycles. The van der Waals surface area contributed by atoms with E-state index >= 15 is 0 Å². The molecule has 2 heterocycles. The summed E-state index contributed by atoms with van der Waals surface area (Å²) in [5, 5.41) is 12.1. The average Bonchev–Trinajstić information content (AvgIpc) is 2.48. The molecule has 0 atom stereocenters. The number of nitrogens with zero attached hydrogens (tertiary/aromatic N) is 3. The summed E-state index contributed by atoms with van der Waals surface area (Å²) < 4.78 is 0. The van der Waals surface area contributed by atoms with Gasteiger partial charge in [0.15, 0.2) is 0 Å². The summed E-state index contributed by atoms with van der Waals surface area (Å²) >= 11 is 0. The standard InChI is InChI=1S/C14H22N4O2/c1-2-15-12-3-4-16-13(11-12)14(20)18-7-5-17(6-8-18)9-10-19/h3-4,11,19H,2,5-10H2,1H3,(H,15,16). The van der Waals surface area contributed by atoms with Crippen LogP contribution in [-0.2, 0) is 0 Å². The number of carbonyl (C=O) groups excluding carboxylic acids is 1. The van der Waals surface area contributed by atoms with E-state index in [-0.39, 0.29) is 12.5 Å². The molecule has 1 amide bonds. The van der Waals surface area contributed by atoms with Crippen molar-refractivity contribution >= 4 is 11.6 Å². The molecule has 20 heavy (non-hydrogen) atoms. The Balaban J connectivity index is 1.96. The lowest BCUT2D eigenvalue weighted by Crippen LogP contribution is -2.49. The third-order valence-corrected chi connectivity index (χ3v) is 3.44. The molecule has 1 fully saturated rings. The van der Waals surface area contributed by atoms with Crippen LogP contribution in [0.3, 0.4) is 0 Å². The Morgan fingerprint density at radius 2 is 2.15 bits per heavy atom. The summed E-state index contributed by atoms with van der Waals surface area (Å²) in [4.78, 5) is 20.5. The number of amides is 1. The summed E-state index contributed by atoms with van der Waals surface area (Å²) in [6, 6.07) is 3.66. The first-order chi connectivity index (χ1) is 9.74. The van der Waals surface area contributed by atoms with E-state index in [4.69, 9.17) is 5.11 Å². The van der Waals surface area contributed by atoms with Crippen molar-refractivity contribution in [1.29, 1.82) is 0 Å². The maximum absolute atomic E-state index is 12.4. The molecule has 1 aliphatic rings. The molecular weight excluding hydrogens is 256 g/mol. The number of hydrogen-bond acceptors (Lipinski definition) is 5. The zero-order valence-corrected chi connectivity index (χ0v) is 11.9. The van der Waals surface area contributed by atoms with E-state index in [1.807, 2.05) is 17.9 Å². The number of carbonyl (C=O) groups is 1. The molecule has 6 nitrogen and oxygen atoms in total. The Morgan fingerprint density at radius 1 is 1.40 bits per heavy atom. The monoisotopic (exact) mass is 278 g/mol. The second-order valence-electron chi connectivity index (χ2n) is 4.82. The number of aliphatic hydroxyl groups is 1. The first-order valence-corrected chi connectivity index (χ1v) is 7.07. The fourth-order valence-corrected chi connectivity index (χ4v) is 2.34. The van der Waals surface area contributed by atoms with Crippen LogP contribution in [0.25, 0.3) is 0 Å². The van der Waals surface area contributed by atoms with Crippen LogP contribution in [0.5, 0.6) is 0 Å². The predicted molar refractivity (Wildman–Crippen MR) is 77.8 cm³/mol. The first-order valence-electron chi connectivity index (χ1n) is 7.07. The molecular formula is C14H22N4O2. The summed E-state index contributed by atoms with van der Waals surface area (Å²) in [5.74, 6) is -0.0200. The Hall–Kier alpha value is -1.66. The SMILES string of the molecule is CCNc1ccnc(C(=O)N2CCN(CCO)CC2)c1. The molecule has 0 unspecified atom stereocenters. The van der Waals surface area contributed by atoms with Gasteiger partial charge in [-0.05, 0) is 19.1 Å². The van der Waals surface area contributed by atoms with Crippen LogP contribution in [0.4, 0.5) is 5.69 Å². The molecule has 2 N–H and O–H groups in total. The van der Waals surface area contributed by atoms with Gasteiger partial charge in [-0.25, -0.2) is 0 Å². The smallest absolute Gasteiger partial charge is 0.272 e. The van der Waals surface area contributed by atoms with Gasteiger partial charge in [0.2, 0.25) is 0 Å². The number of aliphatic hydroxyl groups excluding tert-OH is 1. The molecule has 2 rings (SSSR count). The Labute approximate surface area is 119 Å². The van der Waals surface area contributed by atoms with Gasteiger partial charge in [-0.15, -0.1) is 0 Å². The summed E-state index contributed by atoms with van der Waals surface area (Å²) in [5.41, 5.74) is 1.41. The van der Waals surface area contributed by atoms with E-state index in [2.05, 4.69) is 15.2 Å². The van der Waals surface area contributed by atoms with Crippen molar-refractivity contribution in [3.8, 4) is 0 Å². The number of β-amino-alcohol motifs (C(OH)–C–C–N with tert-alkyl or cyclic N) is 1. The van der Waals surface area contributed by atoms with Crippen molar-refractivity contribution in [3.63, 3.8) is 0 Å². The lowest BCUT2D eigenvalue weighted by Gasteiger charge is -2.34. The number of pyridine rings is 1. The van der Waals surface area contributed by atoms with Gasteiger partial charge in [0.1, 0.15) is 5.69 Å². The van der Waals surface area contributed by atoms with Crippen LogP contribution in [0.1, 0.15) is 17.4 Å². The van der Waals surface area contributed by atoms with Crippen LogP contribution >= 0.6 is 0 Å². The molecule has 1 aromatic rings. The van der Waals surface area contributed by atoms with Crippen LogP contribution in [-0.4, -0.2) is 71.7 Å². The maximum Gasteiger partial charge on any atom is 0.272 e. The minimum Gasteiger partial charge on any atom is -0.395 e. The highest BCUT2D eigenvalue weighted by Gasteiger charge is 2.22. The van der Waals surface area contributed by atoms with Crippen LogP contribution in [0.2, 0.25) is 0 Å². The lowest BCUT2D eigenvalue weighted by molar-refractivity contribution is 0.0609. The molecule has 0 aliphatic carbocycles. The maximum atomic E-state index is 12.4. The number of piperazine rings is 1. The highest BCUT2D eigenvalue weighted by molar-refractivity contribution is 5.93. The van der Waals surface area contributed by atoms with E-state index < -0.39 is 0 Å². The van der Waals surface area contributed by atoms with Gasteiger partial charge in [-0.2, -0.15) is 0 Å². The van der Waals surface area contributed by atoms with E-state index in [1.165, 1.54) is 0 Å². The average molecular weight is 278 g/mol. The van der Waals surface area contributed by atoms with Crippen LogP contribution in [0, 0.1) is 0 Å². The zero-order chi connectivity index (χ0) is 14.4. The number of aromatic nitrogens is 1. The highest BCUT2D eigenvalue weighted by Crippen LogP contribution is 2.11. The Kier molecular flexibility index (Phi) is 5.31. The zero-order valence-electron chi connectivity index (χ0n) is 11.9. The van der Waals surface area contributed by atoms with Crippen molar-refractivity contribution < 1.29 is 9.90 Å². The quantitative estimate of drug-likeness (QED) is 0.809. The second kappa shape index (κ2) is 7.21. The molecule has 0 spiro atoms. The predicted octanol–water partition coefficient (Wildman–Crippen LogP) is 0.264. The van der Waals surface area contributed by atoms with Gasteiger partial charge in [-0.1, -0.05) is 0 Å². The number of anilines is 1. The van der Waals surface area contributed by atoms with Gasteiger partial charge >= 0.3 is 0 Å². The first kappa shape index (κ1) is 14.7. The van der Waals surface area contributed by atoms with Gasteiger partial charge in [0, 0.05) is 51.2 Å². The summed E-state index contributed by atoms with van der Waals surface area (Å²) in [7, 11) is 0. The van der Waals surface area contributed by atoms with Gasteiger partial charge in [0.25, 0.3) is 5.91 Å². The highest BCUT2D eigenvalue weighted by atomic mass is 16.3. The van der Waals surface area contributed by atoms with Gasteiger partial charge in [0.05, 0.1) is 6.61 Å². The van der Waals surface area contributed by atoms with E-state index in [0.717, 1.165) is 25.3 Å². The molecule has 0 saturated carbocycles. The van der Waals surface area contributed by atoms with Crippen molar-refractivity contribution in [1.82, 2.24) is 14.8 Å². The fourth-order valence-electron chi connectivity index (χ4n) is 2.34. The van der Waals surface area contributed by atoms with E-state index in [1.54, 1.807) is 12.3 Å². The molecule has 0 bridgehead atoms. The molecule has 1 saturated heterocycles. The Bertz CT molecular complexity index is 445. The summed E-state index contributed by atoms with van der Waals surface area (Å²) in [6.07, 6.45) is 1.66. The van der Waals surface area contributed by atoms with Gasteiger partial charge < -0.3 is 15.3 Å². The normalized spacial score (nSPS) is 16.2. The molecule has 6 heteroatoms. The second-order valence-corrected chi connectivity index (χ2v) is 4.82. The molecule has 110 valence electrons. The van der Waals surface area contributed by atoms with Crippen LogP contribution in [0.15, 0.2) is 18.3 Å². The van der Waals surface area contributed by atoms with E-state index in [0.29, 0.717) is 25.3 Å². The third kappa shape index (κ3) is 3.68. The number of nitrogens with one attached hydrogen (secondary N) is 1. The largest absolute Gasteiger partial charge is 0.395 e. The van der Waals surface area contributed by atoms with Crippen molar-refractivity contribution in [2.75, 3.05) is 51.2 Å². The van der Waals surface area contributed by atoms with Crippen molar-refractivity contribution in [3.05, 3.63) is 24.0 Å². The van der Waals surface area contributed by atoms with Crippen molar-refractivity contribution in [2.45, 2.75) is 6.92 Å². The molecule has 0 radical (unpaired) electrons. The van der Waals surface area contributed by atoms with Crippen molar-refractivity contribution in [2.24, 2.45) is 0 Å². The topological polar surface area (TPSA) is 68.7 Å². The van der Waals surface area contributed by atoms with Crippen LogP contribution < -0.4 is 5.32 Å². The fraction of sp³-hybridized carbons (Fsp3) is 0.571. The van der Waals surface area contributed by atoms with Gasteiger partial charge in [-0.3, -0.25) is 14.7 Å². The number of hydrogen-bond donors (Lipinski definition) is 2. The summed E-state index contributed by atoms with van der Waals surface area (Å²) in [6.45, 7) is 6.66. The third-order valence-electron chi connectivity index (χ3n) is 3.44. The minimum absolute atomic E-state index is 0.0200. The lowest BCUT2D eigenvalue weighted by atomic mass is 10.2. The minimum atomic E-state index is -0.0200. The molecule has 1 aliphatic heterocycles. The molecule has 1 aromatic heterocycles.